The van der Waals surface area contributed by atoms with Crippen LogP contribution in [0.4, 0.5) is 4.53 Å². The van der Waals surface area contributed by atoms with Crippen LogP contribution in [0.3, 0.4) is 0 Å². The van der Waals surface area contributed by atoms with Gasteiger partial charge in [0.25, 0.3) is 0 Å². The van der Waals surface area contributed by atoms with Crippen molar-refractivity contribution in [3.8, 4) is 0 Å². The van der Waals surface area contributed by atoms with Gasteiger partial charge in [-0.05, 0) is 4.53 Å². The van der Waals surface area contributed by atoms with Gasteiger partial charge in [-0.3, -0.25) is 4.57 Å². The van der Waals surface area contributed by atoms with Crippen LogP contribution in [-0.2, 0) is 13.9 Å². The molecule has 0 aromatic rings. The zero-order valence-electron chi connectivity index (χ0n) is 3.04. The third-order valence-electron chi connectivity index (χ3n) is 0.214. The molecule has 0 bridgehead atoms. The van der Waals surface area contributed by atoms with Gasteiger partial charge in [-0.15, -0.1) is 4.73 Å². The van der Waals surface area contributed by atoms with Gasteiger partial charge in [-0.25, -0.2) is 10.5 Å². The van der Waals surface area contributed by atoms with Crippen molar-refractivity contribution in [2.24, 2.45) is 5.90 Å². The van der Waals surface area contributed by atoms with Crippen LogP contribution in [0.25, 0.3) is 0 Å². The van der Waals surface area contributed by atoms with Crippen molar-refractivity contribution in [3.63, 3.8) is 0 Å². The Hall–Kier alpha value is -0.0000000000000000555. The summed E-state index contributed by atoms with van der Waals surface area (Å²) in [6.45, 7) is 0. The van der Waals surface area contributed by atoms with E-state index in [0.717, 1.165) is 0 Å². The number of phosphoric acid groups is 1. The van der Waals surface area contributed by atoms with Gasteiger partial charge >= 0.3 is 7.82 Å². The van der Waals surface area contributed by atoms with Gasteiger partial charge in [-0.2, -0.15) is 0 Å². The molecule has 0 saturated carbocycles. The monoisotopic (exact) mass is 130 g/mol. The summed E-state index contributed by atoms with van der Waals surface area (Å²) in [6.07, 6.45) is 0. The van der Waals surface area contributed by atoms with Gasteiger partial charge in [0.15, 0.2) is 0 Å². The summed E-state index contributed by atoms with van der Waals surface area (Å²) < 4.78 is 25.2. The number of halogens is 1. The predicted octanol–water partition coefficient (Wildman–Crippen LogP) is -0.754. The van der Waals surface area contributed by atoms with Gasteiger partial charge in [0.05, 0.1) is 0 Å². The minimum atomic E-state index is -4.79. The summed E-state index contributed by atoms with van der Waals surface area (Å²) >= 11 is 0. The molecular formula is H2FNO4P-. The molecule has 0 aromatic heterocycles. The average molecular weight is 130 g/mol. The first-order valence-electron chi connectivity index (χ1n) is 1.12. The van der Waals surface area contributed by atoms with E-state index in [1.807, 2.05) is 0 Å². The first kappa shape index (κ1) is 7.00. The lowest BCUT2D eigenvalue weighted by molar-refractivity contribution is -0.254. The zero-order chi connectivity index (χ0) is 5.91. The molecule has 0 heterocycles. The van der Waals surface area contributed by atoms with E-state index in [1.165, 1.54) is 0 Å². The Kier molecular flexibility index (Phi) is 2.34. The summed E-state index contributed by atoms with van der Waals surface area (Å²) in [5.74, 6) is 3.98. The minimum Gasteiger partial charge on any atom is -0.753 e. The molecule has 44 valence electrons. The van der Waals surface area contributed by atoms with Crippen LogP contribution in [0.15, 0.2) is 0 Å². The van der Waals surface area contributed by atoms with Crippen molar-refractivity contribution < 1.29 is 23.3 Å². The Bertz CT molecular complexity index is 83.7. The Morgan fingerprint density at radius 1 is 1.86 bits per heavy atom. The first-order valence-corrected chi connectivity index (χ1v) is 2.58. The Morgan fingerprint density at radius 3 is 2.29 bits per heavy atom. The van der Waals surface area contributed by atoms with Gasteiger partial charge in [0.1, 0.15) is 0 Å². The second kappa shape index (κ2) is 2.34. The van der Waals surface area contributed by atoms with Crippen molar-refractivity contribution in [2.75, 3.05) is 0 Å². The molecule has 0 amide bonds. The Morgan fingerprint density at radius 2 is 2.29 bits per heavy atom. The number of nitrogens with two attached hydrogens (primary N) is 1. The highest BCUT2D eigenvalue weighted by Gasteiger charge is 2.04. The zero-order valence-corrected chi connectivity index (χ0v) is 3.93. The maximum atomic E-state index is 10.5. The lowest BCUT2D eigenvalue weighted by Gasteiger charge is -2.10. The molecule has 5 nitrogen and oxygen atoms in total. The van der Waals surface area contributed by atoms with E-state index in [4.69, 9.17) is 0 Å². The molecule has 0 aromatic carbocycles. The fraction of sp³-hybridized carbons (Fsp3) is 0. The molecule has 7 heteroatoms. The molecule has 0 rings (SSSR count). The minimum absolute atomic E-state index is 2.24. The van der Waals surface area contributed by atoms with Crippen LogP contribution < -0.4 is 10.8 Å². The fourth-order valence-electron chi connectivity index (χ4n) is 0.0163. The molecule has 1 atom stereocenters. The smallest absolute Gasteiger partial charge is 0.319 e. The number of hydrogen-bond donors (Lipinski definition) is 1. The molecule has 0 saturated heterocycles. The Labute approximate surface area is 38.3 Å². The standard InChI is InChI=1S/FH3NO4P/c1-5-7(3,4)6-2/h2H2,(H,3,4)/p-1. The van der Waals surface area contributed by atoms with Gasteiger partial charge < -0.3 is 4.89 Å². The van der Waals surface area contributed by atoms with Crippen molar-refractivity contribution in [3.05, 3.63) is 0 Å². The van der Waals surface area contributed by atoms with E-state index in [2.05, 4.69) is 15.2 Å². The van der Waals surface area contributed by atoms with E-state index in [9.17, 15) is 14.0 Å². The normalized spacial score (nSPS) is 18.7. The summed E-state index contributed by atoms with van der Waals surface area (Å²) in [5, 5.41) is 0. The molecule has 0 fully saturated rings. The maximum absolute atomic E-state index is 10.5. The molecule has 0 spiro atoms. The van der Waals surface area contributed by atoms with Crippen LogP contribution in [0.1, 0.15) is 0 Å². The predicted molar refractivity (Wildman–Crippen MR) is 15.1 cm³/mol. The van der Waals surface area contributed by atoms with Gasteiger partial charge in [0.2, 0.25) is 0 Å². The summed E-state index contributed by atoms with van der Waals surface area (Å²) in [4.78, 5) is 9.45. The molecule has 1 unspecified atom stereocenters. The average Bonchev–Trinajstić information content (AvgIpc) is 1.68. The van der Waals surface area contributed by atoms with Crippen LogP contribution in [0.2, 0.25) is 0 Å². The number of hydrogen-bond acceptors (Lipinski definition) is 5. The summed E-state index contributed by atoms with van der Waals surface area (Å²) in [6, 6.07) is 0. The fourth-order valence-corrected chi connectivity index (χ4v) is 0.0488. The van der Waals surface area contributed by atoms with Crippen molar-refractivity contribution in [2.45, 2.75) is 0 Å². The Balaban J connectivity index is 3.61. The quantitative estimate of drug-likeness (QED) is 0.392. The molecular weight excluding hydrogens is 128 g/mol. The van der Waals surface area contributed by atoms with E-state index in [0.29, 0.717) is 0 Å². The molecule has 7 heavy (non-hydrogen) atoms. The lowest BCUT2D eigenvalue weighted by Crippen LogP contribution is -2.08. The third kappa shape index (κ3) is 2.67. The van der Waals surface area contributed by atoms with Crippen LogP contribution in [0.5, 0.6) is 0 Å². The second-order valence-electron chi connectivity index (χ2n) is 0.622. The van der Waals surface area contributed by atoms with Crippen molar-refractivity contribution in [1.29, 1.82) is 0 Å². The van der Waals surface area contributed by atoms with Crippen LogP contribution in [-0.4, -0.2) is 0 Å². The third-order valence-corrected chi connectivity index (χ3v) is 0.641. The highest BCUT2D eigenvalue weighted by atomic mass is 31.2. The maximum Gasteiger partial charge on any atom is 0.319 e. The largest absolute Gasteiger partial charge is 0.753 e. The van der Waals surface area contributed by atoms with E-state index >= 15 is 0 Å². The lowest BCUT2D eigenvalue weighted by atomic mass is 13.6. The summed E-state index contributed by atoms with van der Waals surface area (Å²) in [5.41, 5.74) is 0. The van der Waals surface area contributed by atoms with Crippen molar-refractivity contribution in [1.82, 2.24) is 0 Å². The molecule has 0 aliphatic rings. The molecule has 0 aliphatic heterocycles. The second-order valence-corrected chi connectivity index (χ2v) is 1.86. The van der Waals surface area contributed by atoms with Gasteiger partial charge in [0, 0.05) is 0 Å². The SMILES string of the molecule is NOP(=O)([O-])OF. The first-order chi connectivity index (χ1) is 3.12. The molecule has 0 radical (unpaired) electrons. The van der Waals surface area contributed by atoms with E-state index in [-0.39, 0.29) is 0 Å². The molecule has 2 N–H and O–H groups in total. The van der Waals surface area contributed by atoms with Crippen molar-refractivity contribution >= 4 is 7.82 Å². The van der Waals surface area contributed by atoms with Crippen LogP contribution in [0, 0.1) is 0 Å². The highest BCUT2D eigenvalue weighted by Crippen LogP contribution is 2.35. The van der Waals surface area contributed by atoms with E-state index < -0.39 is 7.82 Å². The highest BCUT2D eigenvalue weighted by molar-refractivity contribution is 7.45. The molecule has 0 aliphatic carbocycles. The summed E-state index contributed by atoms with van der Waals surface area (Å²) in [7, 11) is -4.79. The van der Waals surface area contributed by atoms with Gasteiger partial charge in [-0.1, -0.05) is 0 Å². The number of rotatable bonds is 2. The topological polar surface area (TPSA) is 84.6 Å². The van der Waals surface area contributed by atoms with E-state index in [1.54, 1.807) is 0 Å². The van der Waals surface area contributed by atoms with Crippen LogP contribution >= 0.6 is 7.82 Å².